The van der Waals surface area contributed by atoms with E-state index in [2.05, 4.69) is 40.2 Å². The van der Waals surface area contributed by atoms with Gasteiger partial charge in [0.25, 0.3) is 0 Å². The highest BCUT2D eigenvalue weighted by Gasteiger charge is 2.31. The fourth-order valence-electron chi connectivity index (χ4n) is 2.66. The van der Waals surface area contributed by atoms with Gasteiger partial charge in [0.05, 0.1) is 5.52 Å². The van der Waals surface area contributed by atoms with Crippen LogP contribution in [0.25, 0.3) is 10.9 Å². The summed E-state index contributed by atoms with van der Waals surface area (Å²) in [5, 5.41) is 1.08. The van der Waals surface area contributed by atoms with Gasteiger partial charge >= 0.3 is 0 Å². The molecule has 0 atom stereocenters. The molecule has 0 spiro atoms. The molecule has 0 amide bonds. The minimum Gasteiger partial charge on any atom is -0.355 e. The van der Waals surface area contributed by atoms with Crippen LogP contribution in [0.4, 0.5) is 11.8 Å². The Bertz CT molecular complexity index is 608. The van der Waals surface area contributed by atoms with Crippen LogP contribution in [0.3, 0.4) is 0 Å². The highest BCUT2D eigenvalue weighted by atomic mass is 15.3. The van der Waals surface area contributed by atoms with E-state index in [1.54, 1.807) is 0 Å². The highest BCUT2D eigenvalue weighted by Crippen LogP contribution is 2.34. The predicted molar refractivity (Wildman–Crippen MR) is 78.0 cm³/mol. The second-order valence-corrected chi connectivity index (χ2v) is 5.87. The molecule has 0 saturated carbocycles. The number of nitrogens with zero attached hydrogens (tertiary/aromatic N) is 3. The molecule has 100 valence electrons. The maximum atomic E-state index is 5.47. The summed E-state index contributed by atoms with van der Waals surface area (Å²) >= 11 is 0. The molecule has 1 saturated heterocycles. The van der Waals surface area contributed by atoms with Gasteiger partial charge in [0.2, 0.25) is 5.95 Å². The van der Waals surface area contributed by atoms with Crippen molar-refractivity contribution in [3.05, 3.63) is 24.3 Å². The van der Waals surface area contributed by atoms with Gasteiger partial charge in [-0.1, -0.05) is 26.0 Å². The van der Waals surface area contributed by atoms with E-state index in [0.717, 1.165) is 29.8 Å². The Morgan fingerprint density at radius 1 is 1.26 bits per heavy atom. The molecule has 1 fully saturated rings. The number of nitrogens with two attached hydrogens (primary N) is 1. The number of nitrogens with one attached hydrogen (secondary N) is 1. The number of fused-ring (bicyclic) bond motifs is 1. The Morgan fingerprint density at radius 2 is 2.05 bits per heavy atom. The number of aromatic nitrogens is 2. The Kier molecular flexibility index (Phi) is 2.78. The molecular weight excluding hydrogens is 238 g/mol. The summed E-state index contributed by atoms with van der Waals surface area (Å²) in [5.74, 6) is 6.91. The smallest absolute Gasteiger partial charge is 0.239 e. The fraction of sp³-hybridized carbons (Fsp3) is 0.429. The normalized spacial score (nSPS) is 17.9. The first-order chi connectivity index (χ1) is 9.09. The number of anilines is 2. The van der Waals surface area contributed by atoms with Crippen molar-refractivity contribution in [2.24, 2.45) is 11.3 Å². The molecule has 2 aromatic rings. The van der Waals surface area contributed by atoms with Crippen LogP contribution in [0.1, 0.15) is 20.3 Å². The van der Waals surface area contributed by atoms with Crippen LogP contribution in [0.15, 0.2) is 24.3 Å². The molecule has 19 heavy (non-hydrogen) atoms. The van der Waals surface area contributed by atoms with Crippen molar-refractivity contribution in [2.45, 2.75) is 20.3 Å². The quantitative estimate of drug-likeness (QED) is 0.637. The maximum absolute atomic E-state index is 5.47. The molecule has 2 heterocycles. The number of hydrogen-bond acceptors (Lipinski definition) is 5. The minimum absolute atomic E-state index is 0.336. The number of nitrogen functional groups attached to an aromatic ring is 1. The number of rotatable bonds is 2. The van der Waals surface area contributed by atoms with Crippen molar-refractivity contribution in [3.63, 3.8) is 0 Å². The third kappa shape index (κ3) is 2.21. The van der Waals surface area contributed by atoms with E-state index in [9.17, 15) is 0 Å². The molecule has 5 nitrogen and oxygen atoms in total. The van der Waals surface area contributed by atoms with E-state index in [4.69, 9.17) is 5.84 Å². The number of hydrazine groups is 1. The molecule has 5 heteroatoms. The van der Waals surface area contributed by atoms with E-state index in [0.29, 0.717) is 11.4 Å². The van der Waals surface area contributed by atoms with Crippen molar-refractivity contribution < 1.29 is 0 Å². The molecule has 3 rings (SSSR count). The monoisotopic (exact) mass is 257 g/mol. The van der Waals surface area contributed by atoms with Gasteiger partial charge in [-0.2, -0.15) is 4.98 Å². The molecule has 0 bridgehead atoms. The van der Waals surface area contributed by atoms with Gasteiger partial charge in [-0.25, -0.2) is 10.8 Å². The van der Waals surface area contributed by atoms with E-state index < -0.39 is 0 Å². The zero-order valence-corrected chi connectivity index (χ0v) is 11.3. The Balaban J connectivity index is 2.11. The van der Waals surface area contributed by atoms with Crippen LogP contribution in [0.2, 0.25) is 0 Å². The van der Waals surface area contributed by atoms with Gasteiger partial charge in [0.1, 0.15) is 5.82 Å². The maximum Gasteiger partial charge on any atom is 0.239 e. The molecule has 1 aliphatic rings. The summed E-state index contributed by atoms with van der Waals surface area (Å²) in [5.41, 5.74) is 3.81. The molecule has 0 aliphatic carbocycles. The van der Waals surface area contributed by atoms with Crippen molar-refractivity contribution in [1.82, 2.24) is 9.97 Å². The first-order valence-corrected chi connectivity index (χ1v) is 6.57. The fourth-order valence-corrected chi connectivity index (χ4v) is 2.66. The van der Waals surface area contributed by atoms with E-state index in [1.165, 1.54) is 6.42 Å². The third-order valence-electron chi connectivity index (χ3n) is 3.69. The third-order valence-corrected chi connectivity index (χ3v) is 3.69. The van der Waals surface area contributed by atoms with Crippen LogP contribution in [0.5, 0.6) is 0 Å². The van der Waals surface area contributed by atoms with Gasteiger partial charge in [-0.15, -0.1) is 0 Å². The van der Waals surface area contributed by atoms with Gasteiger partial charge in [-0.05, 0) is 24.0 Å². The summed E-state index contributed by atoms with van der Waals surface area (Å²) in [7, 11) is 0. The van der Waals surface area contributed by atoms with Crippen molar-refractivity contribution in [2.75, 3.05) is 23.4 Å². The number of para-hydroxylation sites is 1. The average molecular weight is 257 g/mol. The summed E-state index contributed by atoms with van der Waals surface area (Å²) in [6.45, 7) is 6.62. The van der Waals surface area contributed by atoms with Crippen LogP contribution >= 0.6 is 0 Å². The van der Waals surface area contributed by atoms with Crippen LogP contribution in [-0.2, 0) is 0 Å². The number of hydrogen-bond donors (Lipinski definition) is 2. The first kappa shape index (κ1) is 12.2. The minimum atomic E-state index is 0.336. The van der Waals surface area contributed by atoms with Crippen molar-refractivity contribution in [3.8, 4) is 0 Å². The molecular formula is C14H19N5. The summed E-state index contributed by atoms with van der Waals surface area (Å²) < 4.78 is 0. The van der Waals surface area contributed by atoms with E-state index >= 15 is 0 Å². The second-order valence-electron chi connectivity index (χ2n) is 5.87. The standard InChI is InChI=1S/C14H19N5/c1-14(2)7-8-19(9-14)12-10-5-3-4-6-11(10)16-13(17-12)18-15/h3-6H,7-9,15H2,1-2H3,(H,16,17,18). The lowest BCUT2D eigenvalue weighted by atomic mass is 9.93. The molecule has 1 aromatic carbocycles. The molecule has 1 aromatic heterocycles. The van der Waals surface area contributed by atoms with Gasteiger partial charge < -0.3 is 4.90 Å². The molecule has 0 unspecified atom stereocenters. The van der Waals surface area contributed by atoms with Crippen LogP contribution < -0.4 is 16.2 Å². The molecule has 1 aliphatic heterocycles. The zero-order chi connectivity index (χ0) is 13.5. The van der Waals surface area contributed by atoms with Gasteiger partial charge in [0, 0.05) is 18.5 Å². The molecule has 3 N–H and O–H groups in total. The Hall–Kier alpha value is -1.88. The zero-order valence-electron chi connectivity index (χ0n) is 11.3. The topological polar surface area (TPSA) is 67.1 Å². The summed E-state index contributed by atoms with van der Waals surface area (Å²) in [6.07, 6.45) is 1.18. The van der Waals surface area contributed by atoms with E-state index in [-0.39, 0.29) is 0 Å². The lowest BCUT2D eigenvalue weighted by Gasteiger charge is -2.22. The van der Waals surface area contributed by atoms with Crippen LogP contribution in [-0.4, -0.2) is 23.1 Å². The van der Waals surface area contributed by atoms with Gasteiger partial charge in [0.15, 0.2) is 0 Å². The lowest BCUT2D eigenvalue weighted by Crippen LogP contribution is -2.24. The van der Waals surface area contributed by atoms with E-state index in [1.807, 2.05) is 18.2 Å². The highest BCUT2D eigenvalue weighted by molar-refractivity contribution is 5.90. The average Bonchev–Trinajstić information content (AvgIpc) is 2.77. The summed E-state index contributed by atoms with van der Waals surface area (Å²) in [6, 6.07) is 8.05. The Morgan fingerprint density at radius 3 is 2.74 bits per heavy atom. The first-order valence-electron chi connectivity index (χ1n) is 6.57. The van der Waals surface area contributed by atoms with Gasteiger partial charge in [-0.3, -0.25) is 5.43 Å². The summed E-state index contributed by atoms with van der Waals surface area (Å²) in [4.78, 5) is 11.3. The van der Waals surface area contributed by atoms with Crippen molar-refractivity contribution in [1.29, 1.82) is 0 Å². The van der Waals surface area contributed by atoms with Crippen molar-refractivity contribution >= 4 is 22.7 Å². The second kappa shape index (κ2) is 4.35. The lowest BCUT2D eigenvalue weighted by molar-refractivity contribution is 0.418. The largest absolute Gasteiger partial charge is 0.355 e. The SMILES string of the molecule is CC1(C)CCN(c2nc(NN)nc3ccccc23)C1. The predicted octanol–water partition coefficient (Wildman–Crippen LogP) is 2.15. The Labute approximate surface area is 112 Å². The molecule has 0 radical (unpaired) electrons. The number of benzene rings is 1. The van der Waals surface area contributed by atoms with Crippen LogP contribution in [0, 0.1) is 5.41 Å².